The Hall–Kier alpha value is -0.673. The lowest BCUT2D eigenvalue weighted by Crippen LogP contribution is -2.45. The molecule has 0 aliphatic carbocycles. The molecule has 1 fully saturated rings. The Morgan fingerprint density at radius 2 is 2.00 bits per heavy atom. The zero-order valence-electron chi connectivity index (χ0n) is 12.5. The van der Waals surface area contributed by atoms with Crippen molar-refractivity contribution in [1.29, 1.82) is 0 Å². The Morgan fingerprint density at radius 3 is 2.50 bits per heavy atom. The molecular formula is C12H25NO6Si. The van der Waals surface area contributed by atoms with Gasteiger partial charge in [0.2, 0.25) is 0 Å². The molecule has 8 heteroatoms. The molecule has 0 aromatic rings. The third-order valence-corrected chi connectivity index (χ3v) is 5.82. The molecule has 0 saturated carbocycles. The minimum atomic E-state index is -2.58. The molecular weight excluding hydrogens is 282 g/mol. The van der Waals surface area contributed by atoms with E-state index in [0.29, 0.717) is 39.0 Å². The van der Waals surface area contributed by atoms with E-state index in [4.69, 9.17) is 22.8 Å². The van der Waals surface area contributed by atoms with Crippen LogP contribution < -0.4 is 5.32 Å². The van der Waals surface area contributed by atoms with Crippen LogP contribution in [0.25, 0.3) is 0 Å². The van der Waals surface area contributed by atoms with Gasteiger partial charge < -0.3 is 28.1 Å². The van der Waals surface area contributed by atoms with Crippen molar-refractivity contribution in [1.82, 2.24) is 5.32 Å². The van der Waals surface area contributed by atoms with E-state index in [0.717, 1.165) is 6.42 Å². The van der Waals surface area contributed by atoms with E-state index in [-0.39, 0.29) is 6.10 Å². The topological polar surface area (TPSA) is 78.6 Å². The van der Waals surface area contributed by atoms with Gasteiger partial charge in [-0.15, -0.1) is 0 Å². The van der Waals surface area contributed by atoms with Crippen LogP contribution in [-0.4, -0.2) is 61.1 Å². The van der Waals surface area contributed by atoms with Gasteiger partial charge in [-0.05, 0) is 20.3 Å². The monoisotopic (exact) mass is 307 g/mol. The summed E-state index contributed by atoms with van der Waals surface area (Å²) < 4.78 is 26.7. The van der Waals surface area contributed by atoms with Crippen LogP contribution in [0.1, 0.15) is 20.3 Å². The second kappa shape index (κ2) is 9.30. The summed E-state index contributed by atoms with van der Waals surface area (Å²) in [6, 6.07) is 0.664. The molecule has 20 heavy (non-hydrogen) atoms. The van der Waals surface area contributed by atoms with E-state index >= 15 is 0 Å². The number of rotatable bonds is 11. The summed E-state index contributed by atoms with van der Waals surface area (Å²) in [7, 11) is -0.974. The Labute approximate surface area is 121 Å². The Morgan fingerprint density at radius 1 is 1.35 bits per heavy atom. The van der Waals surface area contributed by atoms with Gasteiger partial charge in [-0.1, -0.05) is 0 Å². The van der Waals surface area contributed by atoms with E-state index in [9.17, 15) is 4.79 Å². The highest BCUT2D eigenvalue weighted by atomic mass is 28.4. The van der Waals surface area contributed by atoms with Crippen LogP contribution >= 0.6 is 0 Å². The third-order valence-electron chi connectivity index (χ3n) is 2.77. The van der Waals surface area contributed by atoms with Gasteiger partial charge in [0.1, 0.15) is 12.7 Å². The number of carbonyl (C=O) groups is 1. The Kier molecular flexibility index (Phi) is 8.08. The summed E-state index contributed by atoms with van der Waals surface area (Å²) in [6.07, 6.45) is 0.387. The predicted octanol–water partition coefficient (Wildman–Crippen LogP) is 1.16. The van der Waals surface area contributed by atoms with Crippen LogP contribution in [0.4, 0.5) is 4.79 Å². The summed E-state index contributed by atoms with van der Waals surface area (Å²) in [5.41, 5.74) is 0. The average Bonchev–Trinajstić information content (AvgIpc) is 3.26. The van der Waals surface area contributed by atoms with Crippen LogP contribution in [0.15, 0.2) is 0 Å². The summed E-state index contributed by atoms with van der Waals surface area (Å²) in [5, 5.41) is 2.69. The highest BCUT2D eigenvalue weighted by Gasteiger charge is 2.38. The standard InChI is InChI=1S/C12H25NO6Si/c1-4-18-20(15-3,19-5-2)8-6-7-13-12(14)17-10-11-9-16-11/h11H,4-10H2,1-3H3,(H,13,14). The maximum absolute atomic E-state index is 11.3. The van der Waals surface area contributed by atoms with Crippen LogP contribution in [0, 0.1) is 0 Å². The van der Waals surface area contributed by atoms with E-state index in [1.165, 1.54) is 0 Å². The second-order valence-corrected chi connectivity index (χ2v) is 7.19. The molecule has 1 heterocycles. The van der Waals surface area contributed by atoms with E-state index < -0.39 is 14.9 Å². The number of hydrogen-bond acceptors (Lipinski definition) is 6. The molecule has 0 aromatic heterocycles. The Balaban J connectivity index is 2.16. The molecule has 1 unspecified atom stereocenters. The zero-order valence-corrected chi connectivity index (χ0v) is 13.5. The molecule has 1 amide bonds. The molecule has 1 saturated heterocycles. The number of alkyl carbamates (subject to hydrolysis) is 1. The molecule has 1 atom stereocenters. The molecule has 118 valence electrons. The molecule has 7 nitrogen and oxygen atoms in total. The zero-order chi connectivity index (χ0) is 14.8. The van der Waals surface area contributed by atoms with Crippen molar-refractivity contribution in [2.75, 3.05) is 40.1 Å². The van der Waals surface area contributed by atoms with Crippen LogP contribution in [0.5, 0.6) is 0 Å². The van der Waals surface area contributed by atoms with Crippen molar-refractivity contribution in [2.24, 2.45) is 0 Å². The first-order chi connectivity index (χ1) is 9.65. The fraction of sp³-hybridized carbons (Fsp3) is 0.917. The fourth-order valence-corrected chi connectivity index (χ4v) is 4.03. The van der Waals surface area contributed by atoms with Gasteiger partial charge in [-0.25, -0.2) is 4.79 Å². The lowest BCUT2D eigenvalue weighted by molar-refractivity contribution is 0.0858. The summed E-state index contributed by atoms with van der Waals surface area (Å²) in [5.74, 6) is 0. The third kappa shape index (κ3) is 6.66. The quantitative estimate of drug-likeness (QED) is 0.350. The molecule has 0 aromatic carbocycles. The summed E-state index contributed by atoms with van der Waals surface area (Å²) >= 11 is 0. The van der Waals surface area contributed by atoms with E-state index in [2.05, 4.69) is 5.32 Å². The number of epoxide rings is 1. The maximum atomic E-state index is 11.3. The van der Waals surface area contributed by atoms with E-state index in [1.807, 2.05) is 13.8 Å². The molecule has 1 aliphatic heterocycles. The predicted molar refractivity (Wildman–Crippen MR) is 74.5 cm³/mol. The second-order valence-electron chi connectivity index (χ2n) is 4.34. The number of ether oxygens (including phenoxy) is 2. The number of amides is 1. The minimum absolute atomic E-state index is 0.0882. The SMILES string of the molecule is CCO[Si](CCCNC(=O)OCC1CO1)(OC)OCC. The first-order valence-corrected chi connectivity index (χ1v) is 8.94. The highest BCUT2D eigenvalue weighted by molar-refractivity contribution is 6.60. The smallest absolute Gasteiger partial charge is 0.447 e. The minimum Gasteiger partial charge on any atom is -0.447 e. The van der Waals surface area contributed by atoms with Gasteiger partial charge in [0.25, 0.3) is 0 Å². The molecule has 1 N–H and O–H groups in total. The molecule has 1 aliphatic rings. The van der Waals surface area contributed by atoms with Crippen molar-refractivity contribution >= 4 is 14.9 Å². The lowest BCUT2D eigenvalue weighted by atomic mass is 10.5. The molecule has 1 rings (SSSR count). The Bertz CT molecular complexity index is 281. The first kappa shape index (κ1) is 17.4. The lowest BCUT2D eigenvalue weighted by Gasteiger charge is -2.27. The maximum Gasteiger partial charge on any atom is 0.500 e. The normalized spacial score (nSPS) is 17.9. The largest absolute Gasteiger partial charge is 0.500 e. The van der Waals surface area contributed by atoms with E-state index in [1.54, 1.807) is 7.11 Å². The number of hydrogen-bond donors (Lipinski definition) is 1. The molecule has 0 radical (unpaired) electrons. The van der Waals surface area contributed by atoms with Crippen molar-refractivity contribution < 1.29 is 27.5 Å². The number of nitrogens with one attached hydrogen (secondary N) is 1. The van der Waals surface area contributed by atoms with Crippen molar-refractivity contribution in [3.05, 3.63) is 0 Å². The number of carbonyl (C=O) groups excluding carboxylic acids is 1. The molecule has 0 spiro atoms. The summed E-state index contributed by atoms with van der Waals surface area (Å²) in [6.45, 7) is 6.43. The van der Waals surface area contributed by atoms with Crippen LogP contribution in [0.3, 0.4) is 0 Å². The van der Waals surface area contributed by atoms with Gasteiger partial charge in [0.05, 0.1) is 6.61 Å². The highest BCUT2D eigenvalue weighted by Crippen LogP contribution is 2.16. The molecule has 0 bridgehead atoms. The van der Waals surface area contributed by atoms with Gasteiger partial charge in [-0.3, -0.25) is 0 Å². The van der Waals surface area contributed by atoms with Crippen LogP contribution in [0.2, 0.25) is 6.04 Å². The van der Waals surface area contributed by atoms with Crippen molar-refractivity contribution in [3.63, 3.8) is 0 Å². The average molecular weight is 307 g/mol. The summed E-state index contributed by atoms with van der Waals surface area (Å²) in [4.78, 5) is 11.3. The van der Waals surface area contributed by atoms with Crippen LogP contribution in [-0.2, 0) is 22.8 Å². The van der Waals surface area contributed by atoms with Gasteiger partial charge in [-0.2, -0.15) is 0 Å². The van der Waals surface area contributed by atoms with Crippen molar-refractivity contribution in [2.45, 2.75) is 32.4 Å². The van der Waals surface area contributed by atoms with Gasteiger partial charge in [0, 0.05) is 32.9 Å². The van der Waals surface area contributed by atoms with Gasteiger partial charge >= 0.3 is 14.9 Å². The fourth-order valence-electron chi connectivity index (χ4n) is 1.73. The van der Waals surface area contributed by atoms with Crippen molar-refractivity contribution in [3.8, 4) is 0 Å². The first-order valence-electron chi connectivity index (χ1n) is 7.01. The van der Waals surface area contributed by atoms with Gasteiger partial charge in [0.15, 0.2) is 0 Å².